The van der Waals surface area contributed by atoms with Gasteiger partial charge in [-0.15, -0.1) is 0 Å². The SMILES string of the molecule is CC(C)(NC(=O)c1ccccc1B1OC(C)(C)C(C)(C)O1)c1ccccc1. The van der Waals surface area contributed by atoms with Crippen LogP contribution in [0.4, 0.5) is 0 Å². The minimum atomic E-state index is -0.572. The number of rotatable bonds is 4. The summed E-state index contributed by atoms with van der Waals surface area (Å²) < 4.78 is 12.3. The van der Waals surface area contributed by atoms with Gasteiger partial charge in [-0.3, -0.25) is 4.79 Å². The summed E-state index contributed by atoms with van der Waals surface area (Å²) in [6.45, 7) is 12.0. The van der Waals surface area contributed by atoms with E-state index < -0.39 is 23.9 Å². The molecular formula is C22H28BNO3. The first-order valence-electron chi connectivity index (χ1n) is 9.36. The Balaban J connectivity index is 1.87. The Hall–Kier alpha value is -2.11. The maximum absolute atomic E-state index is 13.1. The number of carbonyl (C=O) groups is 1. The molecule has 0 aliphatic carbocycles. The predicted octanol–water partition coefficient (Wildman–Crippen LogP) is 3.65. The molecule has 0 aromatic heterocycles. The van der Waals surface area contributed by atoms with Gasteiger partial charge in [0, 0.05) is 5.56 Å². The molecule has 5 heteroatoms. The zero-order valence-corrected chi connectivity index (χ0v) is 17.0. The van der Waals surface area contributed by atoms with E-state index >= 15 is 0 Å². The van der Waals surface area contributed by atoms with E-state index in [2.05, 4.69) is 5.32 Å². The van der Waals surface area contributed by atoms with Crippen LogP contribution in [0.25, 0.3) is 0 Å². The molecule has 1 aliphatic heterocycles. The number of carbonyl (C=O) groups excluding carboxylic acids is 1. The van der Waals surface area contributed by atoms with Crippen molar-refractivity contribution in [1.29, 1.82) is 0 Å². The second-order valence-electron chi connectivity index (χ2n) is 8.62. The van der Waals surface area contributed by atoms with Crippen LogP contribution < -0.4 is 10.8 Å². The molecule has 1 fully saturated rings. The lowest BCUT2D eigenvalue weighted by molar-refractivity contribution is 0.00578. The number of benzene rings is 2. The summed E-state index contributed by atoms with van der Waals surface area (Å²) in [6, 6.07) is 17.4. The van der Waals surface area contributed by atoms with E-state index in [1.807, 2.05) is 96.1 Å². The van der Waals surface area contributed by atoms with Crippen LogP contribution in [0.1, 0.15) is 57.5 Å². The molecule has 3 rings (SSSR count). The van der Waals surface area contributed by atoms with Gasteiger partial charge in [0.15, 0.2) is 0 Å². The van der Waals surface area contributed by atoms with Crippen LogP contribution in [-0.2, 0) is 14.8 Å². The lowest BCUT2D eigenvalue weighted by atomic mass is 9.75. The minimum Gasteiger partial charge on any atom is -0.399 e. The summed E-state index contributed by atoms with van der Waals surface area (Å²) in [5.74, 6) is -0.144. The number of amides is 1. The molecule has 1 aliphatic rings. The first-order chi connectivity index (χ1) is 12.5. The summed E-state index contributed by atoms with van der Waals surface area (Å²) in [4.78, 5) is 13.1. The van der Waals surface area contributed by atoms with Crippen molar-refractivity contribution in [3.63, 3.8) is 0 Å². The summed E-state index contributed by atoms with van der Waals surface area (Å²) in [5, 5.41) is 3.14. The molecule has 2 aromatic carbocycles. The lowest BCUT2D eigenvalue weighted by Gasteiger charge is -2.32. The molecule has 4 nitrogen and oxygen atoms in total. The largest absolute Gasteiger partial charge is 0.495 e. The molecule has 1 heterocycles. The maximum Gasteiger partial charge on any atom is 0.495 e. The highest BCUT2D eigenvalue weighted by atomic mass is 16.7. The van der Waals surface area contributed by atoms with E-state index in [9.17, 15) is 4.79 Å². The summed E-state index contributed by atoms with van der Waals surface area (Å²) in [7, 11) is -0.572. The average molecular weight is 365 g/mol. The summed E-state index contributed by atoms with van der Waals surface area (Å²) in [6.07, 6.45) is 0. The molecule has 0 radical (unpaired) electrons. The summed E-state index contributed by atoms with van der Waals surface area (Å²) >= 11 is 0. The van der Waals surface area contributed by atoms with Gasteiger partial charge >= 0.3 is 7.12 Å². The Morgan fingerprint density at radius 3 is 2.00 bits per heavy atom. The smallest absolute Gasteiger partial charge is 0.399 e. The number of nitrogens with one attached hydrogen (secondary N) is 1. The second kappa shape index (κ2) is 6.81. The molecule has 0 spiro atoms. The Morgan fingerprint density at radius 2 is 1.41 bits per heavy atom. The Bertz CT molecular complexity index is 814. The molecule has 1 amide bonds. The van der Waals surface area contributed by atoms with E-state index in [1.54, 1.807) is 0 Å². The molecule has 1 N–H and O–H groups in total. The van der Waals surface area contributed by atoms with E-state index in [1.165, 1.54) is 0 Å². The first kappa shape index (κ1) is 19.7. The van der Waals surface area contributed by atoms with Crippen LogP contribution in [-0.4, -0.2) is 24.2 Å². The maximum atomic E-state index is 13.1. The van der Waals surface area contributed by atoms with E-state index in [4.69, 9.17) is 9.31 Å². The van der Waals surface area contributed by atoms with Crippen LogP contribution in [0.15, 0.2) is 54.6 Å². The summed E-state index contributed by atoms with van der Waals surface area (Å²) in [5.41, 5.74) is 0.959. The zero-order chi connectivity index (χ0) is 19.9. The van der Waals surface area contributed by atoms with Crippen LogP contribution in [0.2, 0.25) is 0 Å². The van der Waals surface area contributed by atoms with Crippen LogP contribution in [0.3, 0.4) is 0 Å². The Labute approximate surface area is 162 Å². The van der Waals surface area contributed by atoms with Crippen molar-refractivity contribution in [2.75, 3.05) is 0 Å². The Kier molecular flexibility index (Phi) is 4.95. The van der Waals surface area contributed by atoms with E-state index in [-0.39, 0.29) is 5.91 Å². The standard InChI is InChI=1S/C22H28BNO3/c1-20(2,16-12-8-7-9-13-16)24-19(25)17-14-10-11-15-18(17)23-26-21(3,4)22(5,6)27-23/h7-15H,1-6H3,(H,24,25). The Morgan fingerprint density at radius 1 is 0.889 bits per heavy atom. The highest BCUT2D eigenvalue weighted by Crippen LogP contribution is 2.36. The van der Waals surface area contributed by atoms with Gasteiger partial charge in [0.05, 0.1) is 16.7 Å². The van der Waals surface area contributed by atoms with Gasteiger partial charge in [-0.05, 0) is 58.6 Å². The van der Waals surface area contributed by atoms with Gasteiger partial charge in [0.2, 0.25) is 0 Å². The van der Waals surface area contributed by atoms with Gasteiger partial charge in [0.25, 0.3) is 5.91 Å². The van der Waals surface area contributed by atoms with Crippen molar-refractivity contribution in [1.82, 2.24) is 5.32 Å². The normalized spacial score (nSPS) is 18.4. The van der Waals surface area contributed by atoms with E-state index in [0.717, 1.165) is 11.0 Å². The van der Waals surface area contributed by atoms with Crippen LogP contribution in [0, 0.1) is 0 Å². The average Bonchev–Trinajstić information content (AvgIpc) is 2.83. The zero-order valence-electron chi connectivity index (χ0n) is 17.0. The fourth-order valence-corrected chi connectivity index (χ4v) is 3.16. The predicted molar refractivity (Wildman–Crippen MR) is 109 cm³/mol. The number of hydrogen-bond acceptors (Lipinski definition) is 3. The molecule has 0 bridgehead atoms. The third-order valence-electron chi connectivity index (χ3n) is 5.63. The molecule has 1 saturated heterocycles. The third kappa shape index (κ3) is 3.80. The highest BCUT2D eigenvalue weighted by molar-refractivity contribution is 6.63. The van der Waals surface area contributed by atoms with Crippen LogP contribution in [0.5, 0.6) is 0 Å². The highest BCUT2D eigenvalue weighted by Gasteiger charge is 2.52. The van der Waals surface area contributed by atoms with Gasteiger partial charge in [0.1, 0.15) is 0 Å². The van der Waals surface area contributed by atoms with Gasteiger partial charge in [-0.25, -0.2) is 0 Å². The lowest BCUT2D eigenvalue weighted by Crippen LogP contribution is -2.45. The second-order valence-corrected chi connectivity index (χ2v) is 8.62. The monoisotopic (exact) mass is 365 g/mol. The molecule has 2 aromatic rings. The quantitative estimate of drug-likeness (QED) is 0.842. The minimum absolute atomic E-state index is 0.144. The molecule has 0 atom stereocenters. The topological polar surface area (TPSA) is 47.6 Å². The van der Waals surface area contributed by atoms with Crippen molar-refractivity contribution < 1.29 is 14.1 Å². The van der Waals surface area contributed by atoms with Gasteiger partial charge in [-0.1, -0.05) is 48.5 Å². The van der Waals surface area contributed by atoms with Crippen molar-refractivity contribution in [2.24, 2.45) is 0 Å². The molecule has 0 unspecified atom stereocenters. The molecule has 142 valence electrons. The molecule has 27 heavy (non-hydrogen) atoms. The van der Waals surface area contributed by atoms with Crippen molar-refractivity contribution in [3.05, 3.63) is 65.7 Å². The fraction of sp³-hybridized carbons (Fsp3) is 0.409. The van der Waals surface area contributed by atoms with Crippen molar-refractivity contribution in [3.8, 4) is 0 Å². The van der Waals surface area contributed by atoms with Crippen molar-refractivity contribution >= 4 is 18.5 Å². The molecule has 0 saturated carbocycles. The van der Waals surface area contributed by atoms with Gasteiger partial charge < -0.3 is 14.6 Å². The fourth-order valence-electron chi connectivity index (χ4n) is 3.16. The van der Waals surface area contributed by atoms with Crippen LogP contribution >= 0.6 is 0 Å². The van der Waals surface area contributed by atoms with Gasteiger partial charge in [-0.2, -0.15) is 0 Å². The first-order valence-corrected chi connectivity index (χ1v) is 9.36. The third-order valence-corrected chi connectivity index (χ3v) is 5.63. The van der Waals surface area contributed by atoms with Crippen molar-refractivity contribution in [2.45, 2.75) is 58.3 Å². The number of hydrogen-bond donors (Lipinski definition) is 1. The molecular weight excluding hydrogens is 337 g/mol. The van der Waals surface area contributed by atoms with E-state index in [0.29, 0.717) is 5.56 Å².